The monoisotopic (exact) mass is 512 g/mol. The van der Waals surface area contributed by atoms with E-state index in [1.165, 1.54) is 13.8 Å². The van der Waals surface area contributed by atoms with Crippen LogP contribution in [0.15, 0.2) is 48.5 Å². The average Bonchev–Trinajstić information content (AvgIpc) is 3.35. The summed E-state index contributed by atoms with van der Waals surface area (Å²) in [6.07, 6.45) is 0.917. The van der Waals surface area contributed by atoms with Crippen LogP contribution in [0.1, 0.15) is 62.2 Å². The zero-order valence-electron chi connectivity index (χ0n) is 21.3. The van der Waals surface area contributed by atoms with Crippen LogP contribution in [-0.4, -0.2) is 64.9 Å². The number of hydrogen-bond acceptors (Lipinski definition) is 8. The fourth-order valence-corrected chi connectivity index (χ4v) is 4.91. The first-order valence-electron chi connectivity index (χ1n) is 12.8. The van der Waals surface area contributed by atoms with Crippen molar-refractivity contribution in [1.82, 2.24) is 4.90 Å². The highest BCUT2D eigenvalue weighted by molar-refractivity contribution is 5.94. The minimum absolute atomic E-state index is 0.0137. The van der Waals surface area contributed by atoms with Crippen molar-refractivity contribution in [3.8, 4) is 0 Å². The molecule has 0 spiro atoms. The Morgan fingerprint density at radius 3 is 2.43 bits per heavy atom. The smallest absolute Gasteiger partial charge is 0.303 e. The van der Waals surface area contributed by atoms with E-state index in [1.54, 1.807) is 12.1 Å². The van der Waals surface area contributed by atoms with Gasteiger partial charge < -0.3 is 29.7 Å². The van der Waals surface area contributed by atoms with Crippen LogP contribution in [0.2, 0.25) is 0 Å². The van der Waals surface area contributed by atoms with E-state index < -0.39 is 24.3 Å². The van der Waals surface area contributed by atoms with E-state index in [4.69, 9.17) is 14.2 Å². The molecule has 1 amide bonds. The van der Waals surface area contributed by atoms with Crippen LogP contribution >= 0.6 is 0 Å². The van der Waals surface area contributed by atoms with E-state index in [0.717, 1.165) is 36.1 Å². The summed E-state index contributed by atoms with van der Waals surface area (Å²) in [5.74, 6) is -0.928. The molecule has 0 saturated carbocycles. The van der Waals surface area contributed by atoms with Crippen LogP contribution in [0.5, 0.6) is 0 Å². The fraction of sp³-hybridized carbons (Fsp3) is 0.500. The van der Waals surface area contributed by atoms with Crippen molar-refractivity contribution in [3.05, 3.63) is 65.2 Å². The maximum Gasteiger partial charge on any atom is 0.303 e. The minimum Gasteiger partial charge on any atom is -0.453 e. The van der Waals surface area contributed by atoms with Gasteiger partial charge >= 0.3 is 5.97 Å². The maximum atomic E-state index is 12.3. The van der Waals surface area contributed by atoms with Gasteiger partial charge in [0.15, 0.2) is 12.4 Å². The number of rotatable bonds is 9. The third kappa shape index (κ3) is 7.15. The second-order valence-electron chi connectivity index (χ2n) is 9.69. The molecule has 2 fully saturated rings. The van der Waals surface area contributed by atoms with Gasteiger partial charge in [-0.15, -0.1) is 0 Å². The number of carbonyl (C=O) groups is 2. The van der Waals surface area contributed by atoms with Crippen LogP contribution in [0.3, 0.4) is 0 Å². The topological polar surface area (TPSA) is 118 Å². The van der Waals surface area contributed by atoms with E-state index in [0.29, 0.717) is 18.7 Å². The summed E-state index contributed by atoms with van der Waals surface area (Å²) in [5, 5.41) is 21.9. The number of anilines is 1. The Morgan fingerprint density at radius 2 is 1.78 bits per heavy atom. The Bertz CT molecular complexity index is 1040. The summed E-state index contributed by atoms with van der Waals surface area (Å²) in [7, 11) is 0. The molecule has 2 aliphatic rings. The normalized spacial score (nSPS) is 25.0. The van der Waals surface area contributed by atoms with Gasteiger partial charge in [0.2, 0.25) is 0 Å². The van der Waals surface area contributed by atoms with Crippen molar-refractivity contribution >= 4 is 17.6 Å². The Labute approximate surface area is 217 Å². The van der Waals surface area contributed by atoms with Crippen LogP contribution in [0.25, 0.3) is 0 Å². The quantitative estimate of drug-likeness (QED) is 0.439. The third-order valence-electron chi connectivity index (χ3n) is 6.93. The summed E-state index contributed by atoms with van der Waals surface area (Å²) in [6, 6.07) is 15.1. The van der Waals surface area contributed by atoms with Gasteiger partial charge in [0.25, 0.3) is 5.91 Å². The highest BCUT2D eigenvalue weighted by Gasteiger charge is 2.35. The zero-order valence-corrected chi connectivity index (χ0v) is 21.3. The molecule has 37 heavy (non-hydrogen) atoms. The standard InChI is InChI=1S/C28H36N2O7/c1-18(35-19(2)33)27(34)29-23-11-9-22(10-12-23)28-36-25(15-30-13-3-4-24(30)17-32)14-26(37-28)21-7-5-20(16-31)6-8-21/h5-12,18,24-26,28,31-32H,3-4,13-17H2,1-2H3,(H,29,34). The van der Waals surface area contributed by atoms with E-state index >= 15 is 0 Å². The summed E-state index contributed by atoms with van der Waals surface area (Å²) in [4.78, 5) is 25.7. The molecule has 5 atom stereocenters. The molecule has 2 aromatic carbocycles. The highest BCUT2D eigenvalue weighted by atomic mass is 16.7. The van der Waals surface area contributed by atoms with Gasteiger partial charge in [-0.05, 0) is 49.6 Å². The molecule has 5 unspecified atom stereocenters. The van der Waals surface area contributed by atoms with Gasteiger partial charge in [-0.3, -0.25) is 14.5 Å². The first kappa shape index (κ1) is 27.2. The van der Waals surface area contributed by atoms with Crippen LogP contribution in [0.4, 0.5) is 5.69 Å². The predicted octanol–water partition coefficient (Wildman–Crippen LogP) is 3.07. The van der Waals surface area contributed by atoms with Crippen molar-refractivity contribution in [2.24, 2.45) is 0 Å². The molecule has 200 valence electrons. The van der Waals surface area contributed by atoms with Crippen LogP contribution in [-0.2, 0) is 30.4 Å². The van der Waals surface area contributed by atoms with Crippen molar-refractivity contribution in [2.75, 3.05) is 25.0 Å². The van der Waals surface area contributed by atoms with Crippen LogP contribution < -0.4 is 5.32 Å². The average molecular weight is 513 g/mol. The van der Waals surface area contributed by atoms with E-state index in [9.17, 15) is 19.8 Å². The second kappa shape index (κ2) is 12.6. The Kier molecular flexibility index (Phi) is 9.28. The molecule has 0 aromatic heterocycles. The lowest BCUT2D eigenvalue weighted by molar-refractivity contribution is -0.253. The maximum absolute atomic E-state index is 12.3. The minimum atomic E-state index is -0.894. The largest absolute Gasteiger partial charge is 0.453 e. The van der Waals surface area contributed by atoms with Gasteiger partial charge in [-0.1, -0.05) is 36.4 Å². The lowest BCUT2D eigenvalue weighted by Crippen LogP contribution is -2.42. The molecule has 0 bridgehead atoms. The summed E-state index contributed by atoms with van der Waals surface area (Å²) in [5.41, 5.74) is 3.23. The number of carbonyl (C=O) groups excluding carboxylic acids is 2. The second-order valence-corrected chi connectivity index (χ2v) is 9.69. The first-order chi connectivity index (χ1) is 17.9. The first-order valence-corrected chi connectivity index (χ1v) is 12.8. The predicted molar refractivity (Wildman–Crippen MR) is 136 cm³/mol. The molecule has 4 rings (SSSR count). The SMILES string of the molecule is CC(=O)OC(C)C(=O)Nc1ccc(C2OC(CN3CCCC3CO)CC(c3ccc(CO)cc3)O2)cc1. The zero-order chi connectivity index (χ0) is 26.4. The van der Waals surface area contributed by atoms with Gasteiger partial charge in [-0.25, -0.2) is 0 Å². The van der Waals surface area contributed by atoms with Crippen molar-refractivity contribution in [2.45, 2.75) is 70.4 Å². The molecule has 2 saturated heterocycles. The molecule has 0 aliphatic carbocycles. The number of aliphatic hydroxyl groups is 2. The third-order valence-corrected chi connectivity index (χ3v) is 6.93. The number of aliphatic hydroxyl groups excluding tert-OH is 2. The van der Waals surface area contributed by atoms with Gasteiger partial charge in [0.05, 0.1) is 25.4 Å². The van der Waals surface area contributed by atoms with Crippen molar-refractivity contribution in [3.63, 3.8) is 0 Å². The van der Waals surface area contributed by atoms with E-state index in [2.05, 4.69) is 10.2 Å². The lowest BCUT2D eigenvalue weighted by atomic mass is 9.99. The van der Waals surface area contributed by atoms with Gasteiger partial charge in [0.1, 0.15) is 0 Å². The fourth-order valence-electron chi connectivity index (χ4n) is 4.91. The van der Waals surface area contributed by atoms with E-state index in [-0.39, 0.29) is 31.5 Å². The van der Waals surface area contributed by atoms with Crippen molar-refractivity contribution in [1.29, 1.82) is 0 Å². The number of nitrogens with zero attached hydrogens (tertiary/aromatic N) is 1. The molecule has 9 nitrogen and oxygen atoms in total. The summed E-state index contributed by atoms with van der Waals surface area (Å²) in [6.45, 7) is 4.55. The number of benzene rings is 2. The van der Waals surface area contributed by atoms with Crippen LogP contribution in [0, 0.1) is 0 Å². The molecule has 3 N–H and O–H groups in total. The Balaban J connectivity index is 1.48. The summed E-state index contributed by atoms with van der Waals surface area (Å²) >= 11 is 0. The molecular formula is C28H36N2O7. The Morgan fingerprint density at radius 1 is 1.08 bits per heavy atom. The Hall–Kier alpha value is -2.82. The molecule has 2 heterocycles. The number of esters is 1. The number of hydrogen-bond donors (Lipinski definition) is 3. The molecule has 2 aromatic rings. The highest BCUT2D eigenvalue weighted by Crippen LogP contribution is 2.39. The summed E-state index contributed by atoms with van der Waals surface area (Å²) < 4.78 is 17.7. The number of nitrogens with one attached hydrogen (secondary N) is 1. The number of likely N-dealkylation sites (tertiary alicyclic amines) is 1. The van der Waals surface area contributed by atoms with Gasteiger partial charge in [0, 0.05) is 37.2 Å². The molecule has 2 aliphatic heterocycles. The molecular weight excluding hydrogens is 476 g/mol. The number of ether oxygens (including phenoxy) is 3. The van der Waals surface area contributed by atoms with Crippen molar-refractivity contribution < 1.29 is 34.0 Å². The van der Waals surface area contributed by atoms with E-state index in [1.807, 2.05) is 36.4 Å². The van der Waals surface area contributed by atoms with Gasteiger partial charge in [-0.2, -0.15) is 0 Å². The lowest BCUT2D eigenvalue weighted by Gasteiger charge is -2.38. The molecule has 9 heteroatoms. The number of amides is 1. The molecule has 0 radical (unpaired) electrons.